The molecule has 0 aromatic heterocycles. The number of halogens is 1. The highest BCUT2D eigenvalue weighted by Crippen LogP contribution is 2.19. The summed E-state index contributed by atoms with van der Waals surface area (Å²) in [5, 5.41) is 2.84. The molecule has 4 nitrogen and oxygen atoms in total. The molecule has 2 aromatic rings. The fraction of sp³-hybridized carbons (Fsp3) is 0.188. The molecular formula is C16H17FN2O2. The average Bonchev–Trinajstić information content (AvgIpc) is 2.49. The van der Waals surface area contributed by atoms with Crippen LogP contribution in [0.2, 0.25) is 0 Å². The number of benzene rings is 2. The third-order valence-corrected chi connectivity index (χ3v) is 3.20. The van der Waals surface area contributed by atoms with Crippen LogP contribution >= 0.6 is 0 Å². The van der Waals surface area contributed by atoms with Gasteiger partial charge in [0.1, 0.15) is 11.6 Å². The van der Waals surface area contributed by atoms with Crippen molar-refractivity contribution < 1.29 is 13.9 Å². The molecule has 0 radical (unpaired) electrons. The summed E-state index contributed by atoms with van der Waals surface area (Å²) in [5.74, 6) is -0.121. The minimum Gasteiger partial charge on any atom is -0.497 e. The first-order chi connectivity index (χ1) is 10.0. The number of nitrogens with two attached hydrogens (primary N) is 1. The molecule has 0 aliphatic rings. The number of nitrogens with one attached hydrogen (secondary N) is 1. The van der Waals surface area contributed by atoms with E-state index >= 15 is 0 Å². The van der Waals surface area contributed by atoms with Gasteiger partial charge in [0.05, 0.1) is 18.8 Å². The van der Waals surface area contributed by atoms with Gasteiger partial charge in [0.25, 0.3) is 5.91 Å². The maximum atomic E-state index is 13.1. The number of anilines is 1. The van der Waals surface area contributed by atoms with Gasteiger partial charge in [0.2, 0.25) is 0 Å². The number of amides is 1. The van der Waals surface area contributed by atoms with Gasteiger partial charge in [-0.3, -0.25) is 4.79 Å². The Bertz CT molecular complexity index is 658. The molecular weight excluding hydrogens is 271 g/mol. The number of hydrogen-bond acceptors (Lipinski definition) is 3. The number of methoxy groups -OCH3 is 1. The summed E-state index contributed by atoms with van der Waals surface area (Å²) in [6.07, 6.45) is 0. The first kappa shape index (κ1) is 14.8. The lowest BCUT2D eigenvalue weighted by Crippen LogP contribution is -2.26. The molecule has 0 saturated heterocycles. The van der Waals surface area contributed by atoms with Crippen LogP contribution in [0.1, 0.15) is 28.9 Å². The number of carbonyl (C=O) groups is 1. The van der Waals surface area contributed by atoms with Crippen LogP contribution in [0.15, 0.2) is 42.5 Å². The zero-order valence-corrected chi connectivity index (χ0v) is 11.9. The molecule has 0 spiro atoms. The molecule has 0 aliphatic heterocycles. The normalized spacial score (nSPS) is 11.8. The summed E-state index contributed by atoms with van der Waals surface area (Å²) in [4.78, 5) is 12.1. The lowest BCUT2D eigenvalue weighted by molar-refractivity contribution is 0.0940. The molecule has 21 heavy (non-hydrogen) atoms. The maximum absolute atomic E-state index is 13.1. The number of rotatable bonds is 4. The Balaban J connectivity index is 2.12. The van der Waals surface area contributed by atoms with Gasteiger partial charge in [-0.1, -0.05) is 12.1 Å². The van der Waals surface area contributed by atoms with Crippen LogP contribution < -0.4 is 15.8 Å². The van der Waals surface area contributed by atoms with Crippen molar-refractivity contribution in [3.05, 3.63) is 59.4 Å². The van der Waals surface area contributed by atoms with Crippen molar-refractivity contribution in [2.24, 2.45) is 0 Å². The van der Waals surface area contributed by atoms with Crippen molar-refractivity contribution in [3.63, 3.8) is 0 Å². The SMILES string of the molecule is COc1cccc(C(C)NC(=O)c2ccc(F)c(N)c2)c1. The lowest BCUT2D eigenvalue weighted by Gasteiger charge is -2.15. The van der Waals surface area contributed by atoms with Crippen LogP contribution in [0, 0.1) is 5.82 Å². The molecule has 0 bridgehead atoms. The molecule has 2 aromatic carbocycles. The maximum Gasteiger partial charge on any atom is 0.251 e. The van der Waals surface area contributed by atoms with E-state index in [9.17, 15) is 9.18 Å². The Morgan fingerprint density at radius 2 is 2.05 bits per heavy atom. The first-order valence-electron chi connectivity index (χ1n) is 6.51. The number of nitrogen functional groups attached to an aromatic ring is 1. The van der Waals surface area contributed by atoms with Gasteiger partial charge in [-0.05, 0) is 42.8 Å². The van der Waals surface area contributed by atoms with Gasteiger partial charge < -0.3 is 15.8 Å². The standard InChI is InChI=1S/C16H17FN2O2/c1-10(11-4-3-5-13(8-11)21-2)19-16(20)12-6-7-14(17)15(18)9-12/h3-10H,18H2,1-2H3,(H,19,20). The van der Waals surface area contributed by atoms with Gasteiger partial charge >= 0.3 is 0 Å². The molecule has 0 aliphatic carbocycles. The summed E-state index contributed by atoms with van der Waals surface area (Å²) in [5.41, 5.74) is 6.66. The zero-order valence-electron chi connectivity index (χ0n) is 11.9. The van der Waals surface area contributed by atoms with Crippen molar-refractivity contribution in [1.29, 1.82) is 0 Å². The van der Waals surface area contributed by atoms with Crippen molar-refractivity contribution in [2.75, 3.05) is 12.8 Å². The topological polar surface area (TPSA) is 64.3 Å². The van der Waals surface area contributed by atoms with Gasteiger partial charge in [-0.15, -0.1) is 0 Å². The quantitative estimate of drug-likeness (QED) is 0.850. The highest BCUT2D eigenvalue weighted by atomic mass is 19.1. The fourth-order valence-corrected chi connectivity index (χ4v) is 1.96. The Hall–Kier alpha value is -2.56. The highest BCUT2D eigenvalue weighted by molar-refractivity contribution is 5.95. The lowest BCUT2D eigenvalue weighted by atomic mass is 10.1. The van der Waals surface area contributed by atoms with Crippen LogP contribution in [0.25, 0.3) is 0 Å². The van der Waals surface area contributed by atoms with Gasteiger partial charge in [-0.25, -0.2) is 4.39 Å². The Morgan fingerprint density at radius 1 is 1.29 bits per heavy atom. The Kier molecular flexibility index (Phi) is 4.42. The summed E-state index contributed by atoms with van der Waals surface area (Å²) >= 11 is 0. The van der Waals surface area contributed by atoms with Gasteiger partial charge in [0.15, 0.2) is 0 Å². The van der Waals surface area contributed by atoms with Crippen molar-refractivity contribution in [2.45, 2.75) is 13.0 Å². The van der Waals surface area contributed by atoms with E-state index in [0.29, 0.717) is 5.56 Å². The van der Waals surface area contributed by atoms with Crippen LogP contribution in [0.5, 0.6) is 5.75 Å². The molecule has 0 fully saturated rings. The van der Waals surface area contributed by atoms with E-state index in [1.54, 1.807) is 7.11 Å². The third kappa shape index (κ3) is 3.51. The molecule has 5 heteroatoms. The average molecular weight is 288 g/mol. The van der Waals surface area contributed by atoms with Crippen LogP contribution in [0.3, 0.4) is 0 Å². The molecule has 3 N–H and O–H groups in total. The predicted molar refractivity (Wildman–Crippen MR) is 79.7 cm³/mol. The molecule has 1 amide bonds. The molecule has 1 unspecified atom stereocenters. The smallest absolute Gasteiger partial charge is 0.251 e. The molecule has 0 saturated carbocycles. The Labute approximate surface area is 122 Å². The minimum absolute atomic E-state index is 0.0447. The van der Waals surface area contributed by atoms with Crippen LogP contribution in [-0.4, -0.2) is 13.0 Å². The summed E-state index contributed by atoms with van der Waals surface area (Å²) in [7, 11) is 1.59. The van der Waals surface area contributed by atoms with Gasteiger partial charge in [-0.2, -0.15) is 0 Å². The number of hydrogen-bond donors (Lipinski definition) is 2. The molecule has 110 valence electrons. The van der Waals surface area contributed by atoms with E-state index in [1.807, 2.05) is 31.2 Å². The van der Waals surface area contributed by atoms with Crippen molar-refractivity contribution in [1.82, 2.24) is 5.32 Å². The third-order valence-electron chi connectivity index (χ3n) is 3.20. The molecule has 2 rings (SSSR count). The van der Waals surface area contributed by atoms with Crippen LogP contribution in [-0.2, 0) is 0 Å². The van der Waals surface area contributed by atoms with E-state index < -0.39 is 5.82 Å². The minimum atomic E-state index is -0.535. The monoisotopic (exact) mass is 288 g/mol. The van der Waals surface area contributed by atoms with Crippen molar-refractivity contribution in [3.8, 4) is 5.75 Å². The second kappa shape index (κ2) is 6.26. The van der Waals surface area contributed by atoms with E-state index in [4.69, 9.17) is 10.5 Å². The summed E-state index contributed by atoms with van der Waals surface area (Å²) < 4.78 is 18.3. The van der Waals surface area contributed by atoms with E-state index in [1.165, 1.54) is 18.2 Å². The second-order valence-corrected chi connectivity index (χ2v) is 4.71. The van der Waals surface area contributed by atoms with Gasteiger partial charge in [0, 0.05) is 5.56 Å². The number of ether oxygens (including phenoxy) is 1. The van der Waals surface area contributed by atoms with Crippen LogP contribution in [0.4, 0.5) is 10.1 Å². The second-order valence-electron chi connectivity index (χ2n) is 4.71. The summed E-state index contributed by atoms with van der Waals surface area (Å²) in [6.45, 7) is 1.86. The summed E-state index contributed by atoms with van der Waals surface area (Å²) in [6, 6.07) is 11.1. The molecule has 0 heterocycles. The zero-order chi connectivity index (χ0) is 15.4. The largest absolute Gasteiger partial charge is 0.497 e. The van der Waals surface area contributed by atoms with E-state index in [2.05, 4.69) is 5.32 Å². The first-order valence-corrected chi connectivity index (χ1v) is 6.51. The Morgan fingerprint density at radius 3 is 2.71 bits per heavy atom. The van der Waals surface area contributed by atoms with E-state index in [0.717, 1.165) is 11.3 Å². The predicted octanol–water partition coefficient (Wildman–Crippen LogP) is 2.91. The highest BCUT2D eigenvalue weighted by Gasteiger charge is 2.13. The van der Waals surface area contributed by atoms with Crippen molar-refractivity contribution >= 4 is 11.6 Å². The van der Waals surface area contributed by atoms with E-state index in [-0.39, 0.29) is 17.6 Å². The number of carbonyl (C=O) groups excluding carboxylic acids is 1. The fourth-order valence-electron chi connectivity index (χ4n) is 1.96. The molecule has 1 atom stereocenters.